The number of methoxy groups -OCH3 is 1. The lowest BCUT2D eigenvalue weighted by molar-refractivity contribution is 0.0632. The van der Waals surface area contributed by atoms with E-state index in [9.17, 15) is 18.0 Å². The Balaban J connectivity index is 1.52. The maximum absolute atomic E-state index is 13.8. The third-order valence-electron chi connectivity index (χ3n) is 4.80. The lowest BCUT2D eigenvalue weighted by Crippen LogP contribution is -2.49. The van der Waals surface area contributed by atoms with Crippen LogP contribution < -0.4 is 4.74 Å². The second kappa shape index (κ2) is 8.43. The first kappa shape index (κ1) is 19.2. The highest BCUT2D eigenvalue weighted by molar-refractivity contribution is 5.94. The first-order valence-electron chi connectivity index (χ1n) is 8.77. The molecular formula is C20H21F3N2O2. The molecule has 2 aromatic rings. The van der Waals surface area contributed by atoms with Crippen LogP contribution in [-0.2, 0) is 6.42 Å². The van der Waals surface area contributed by atoms with Crippen molar-refractivity contribution in [2.24, 2.45) is 0 Å². The number of hydrogen-bond acceptors (Lipinski definition) is 3. The van der Waals surface area contributed by atoms with Crippen LogP contribution in [0.3, 0.4) is 0 Å². The van der Waals surface area contributed by atoms with E-state index in [1.165, 1.54) is 10.5 Å². The molecule has 3 rings (SSSR count). The molecule has 2 aromatic carbocycles. The third kappa shape index (κ3) is 4.42. The molecule has 0 aliphatic carbocycles. The van der Waals surface area contributed by atoms with Crippen LogP contribution in [0, 0.1) is 17.5 Å². The van der Waals surface area contributed by atoms with Gasteiger partial charge in [-0.3, -0.25) is 9.69 Å². The average Bonchev–Trinajstić information content (AvgIpc) is 2.71. The summed E-state index contributed by atoms with van der Waals surface area (Å²) in [5.74, 6) is -4.13. The van der Waals surface area contributed by atoms with Gasteiger partial charge in [-0.2, -0.15) is 0 Å². The molecule has 7 heteroatoms. The largest absolute Gasteiger partial charge is 0.497 e. The summed E-state index contributed by atoms with van der Waals surface area (Å²) in [5.41, 5.74) is 0.763. The lowest BCUT2D eigenvalue weighted by atomic mass is 10.1. The van der Waals surface area contributed by atoms with E-state index in [0.29, 0.717) is 26.2 Å². The summed E-state index contributed by atoms with van der Waals surface area (Å²) in [7, 11) is 1.63. The van der Waals surface area contributed by atoms with Crippen LogP contribution in [0.5, 0.6) is 5.75 Å². The van der Waals surface area contributed by atoms with Crippen molar-refractivity contribution in [2.45, 2.75) is 6.42 Å². The van der Waals surface area contributed by atoms with Crippen molar-refractivity contribution in [1.29, 1.82) is 0 Å². The predicted molar refractivity (Wildman–Crippen MR) is 95.4 cm³/mol. The van der Waals surface area contributed by atoms with Gasteiger partial charge in [0, 0.05) is 32.7 Å². The van der Waals surface area contributed by atoms with Crippen molar-refractivity contribution >= 4 is 5.91 Å². The molecule has 0 radical (unpaired) electrons. The van der Waals surface area contributed by atoms with Gasteiger partial charge in [0.05, 0.1) is 12.7 Å². The molecule has 1 aliphatic heterocycles. The van der Waals surface area contributed by atoms with Crippen LogP contribution in [0.25, 0.3) is 0 Å². The van der Waals surface area contributed by atoms with Gasteiger partial charge in [-0.1, -0.05) is 12.1 Å². The summed E-state index contributed by atoms with van der Waals surface area (Å²) >= 11 is 0. The zero-order chi connectivity index (χ0) is 19.4. The summed E-state index contributed by atoms with van der Waals surface area (Å²) in [6.45, 7) is 2.97. The summed E-state index contributed by atoms with van der Waals surface area (Å²) in [6, 6.07) is 9.64. The van der Waals surface area contributed by atoms with E-state index in [2.05, 4.69) is 4.90 Å². The minimum Gasteiger partial charge on any atom is -0.497 e. The molecule has 0 unspecified atom stereocenters. The van der Waals surface area contributed by atoms with Crippen LogP contribution in [0.2, 0.25) is 0 Å². The van der Waals surface area contributed by atoms with Crippen LogP contribution in [0.1, 0.15) is 15.9 Å². The third-order valence-corrected chi connectivity index (χ3v) is 4.80. The summed E-state index contributed by atoms with van der Waals surface area (Å²) in [4.78, 5) is 16.1. The molecule has 27 heavy (non-hydrogen) atoms. The summed E-state index contributed by atoms with van der Waals surface area (Å²) in [6.07, 6.45) is 0.871. The monoisotopic (exact) mass is 378 g/mol. The molecule has 0 saturated carbocycles. The van der Waals surface area contributed by atoms with Crippen LogP contribution >= 0.6 is 0 Å². The van der Waals surface area contributed by atoms with E-state index in [4.69, 9.17) is 4.74 Å². The Hall–Kier alpha value is -2.54. The Morgan fingerprint density at radius 3 is 2.26 bits per heavy atom. The quantitative estimate of drug-likeness (QED) is 0.750. The molecule has 1 amide bonds. The van der Waals surface area contributed by atoms with Crippen molar-refractivity contribution in [3.63, 3.8) is 0 Å². The number of halogens is 3. The zero-order valence-electron chi connectivity index (χ0n) is 15.1. The van der Waals surface area contributed by atoms with Crippen LogP contribution in [0.15, 0.2) is 36.4 Å². The van der Waals surface area contributed by atoms with E-state index >= 15 is 0 Å². The SMILES string of the molecule is COc1ccc(CCN2CCN(C(=O)c3ccc(F)c(F)c3F)CC2)cc1. The second-order valence-corrected chi connectivity index (χ2v) is 6.45. The molecule has 1 fully saturated rings. The van der Waals surface area contributed by atoms with Gasteiger partial charge in [-0.25, -0.2) is 13.2 Å². The number of hydrogen-bond donors (Lipinski definition) is 0. The smallest absolute Gasteiger partial charge is 0.257 e. The van der Waals surface area contributed by atoms with Gasteiger partial charge in [0.2, 0.25) is 0 Å². The Morgan fingerprint density at radius 1 is 0.963 bits per heavy atom. The highest BCUT2D eigenvalue weighted by Gasteiger charge is 2.26. The molecule has 1 saturated heterocycles. The minimum absolute atomic E-state index is 0.417. The van der Waals surface area contributed by atoms with Gasteiger partial charge in [-0.15, -0.1) is 0 Å². The maximum Gasteiger partial charge on any atom is 0.257 e. The average molecular weight is 378 g/mol. The lowest BCUT2D eigenvalue weighted by Gasteiger charge is -2.34. The number of ether oxygens (including phenoxy) is 1. The van der Waals surface area contributed by atoms with Gasteiger partial charge in [-0.05, 0) is 36.2 Å². The number of carbonyl (C=O) groups is 1. The fraction of sp³-hybridized carbons (Fsp3) is 0.350. The molecular weight excluding hydrogens is 357 g/mol. The number of benzene rings is 2. The normalized spacial score (nSPS) is 15.0. The van der Waals surface area contributed by atoms with Crippen molar-refractivity contribution < 1.29 is 22.7 Å². The minimum atomic E-state index is -1.61. The zero-order valence-corrected chi connectivity index (χ0v) is 15.1. The number of rotatable bonds is 5. The summed E-state index contributed by atoms with van der Waals surface area (Å²) < 4.78 is 45.3. The first-order valence-corrected chi connectivity index (χ1v) is 8.77. The van der Waals surface area contributed by atoms with Crippen molar-refractivity contribution in [1.82, 2.24) is 9.80 Å². The highest BCUT2D eigenvalue weighted by Crippen LogP contribution is 2.18. The standard InChI is InChI=1S/C20H21F3N2O2/c1-27-15-4-2-14(3-5-15)8-9-24-10-12-25(13-11-24)20(26)16-6-7-17(21)19(23)18(16)22/h2-7H,8-13H2,1H3. The number of amides is 1. The Labute approximate surface area is 156 Å². The maximum atomic E-state index is 13.8. The molecule has 4 nitrogen and oxygen atoms in total. The second-order valence-electron chi connectivity index (χ2n) is 6.45. The highest BCUT2D eigenvalue weighted by atomic mass is 19.2. The van der Waals surface area contributed by atoms with E-state index in [1.54, 1.807) is 7.11 Å². The van der Waals surface area contributed by atoms with Crippen molar-refractivity contribution in [2.75, 3.05) is 39.8 Å². The van der Waals surface area contributed by atoms with Gasteiger partial charge in [0.25, 0.3) is 5.91 Å². The van der Waals surface area contributed by atoms with Crippen LogP contribution in [-0.4, -0.2) is 55.5 Å². The Morgan fingerprint density at radius 2 is 1.63 bits per heavy atom. The summed E-state index contributed by atoms with van der Waals surface area (Å²) in [5, 5.41) is 0. The van der Waals surface area contributed by atoms with E-state index in [0.717, 1.165) is 30.8 Å². The number of piperazine rings is 1. The van der Waals surface area contributed by atoms with Gasteiger partial charge in [0.15, 0.2) is 17.5 Å². The molecule has 0 aromatic heterocycles. The Bertz CT molecular complexity index is 804. The Kier molecular flexibility index (Phi) is 6.01. The van der Waals surface area contributed by atoms with E-state index in [1.807, 2.05) is 24.3 Å². The van der Waals surface area contributed by atoms with Crippen LogP contribution in [0.4, 0.5) is 13.2 Å². The molecule has 1 heterocycles. The van der Waals surface area contributed by atoms with E-state index in [-0.39, 0.29) is 0 Å². The number of nitrogens with zero attached hydrogens (tertiary/aromatic N) is 2. The topological polar surface area (TPSA) is 32.8 Å². The first-order chi connectivity index (χ1) is 13.0. The van der Waals surface area contributed by atoms with Crippen molar-refractivity contribution in [3.8, 4) is 5.75 Å². The molecule has 0 bridgehead atoms. The predicted octanol–water partition coefficient (Wildman–Crippen LogP) is 3.11. The molecule has 144 valence electrons. The van der Waals surface area contributed by atoms with Gasteiger partial charge < -0.3 is 9.64 Å². The van der Waals surface area contributed by atoms with E-state index < -0.39 is 28.9 Å². The van der Waals surface area contributed by atoms with Gasteiger partial charge >= 0.3 is 0 Å². The molecule has 0 N–H and O–H groups in total. The van der Waals surface area contributed by atoms with Crippen molar-refractivity contribution in [3.05, 3.63) is 65.0 Å². The fourth-order valence-corrected chi connectivity index (χ4v) is 3.12. The molecule has 0 atom stereocenters. The molecule has 0 spiro atoms. The fourth-order valence-electron chi connectivity index (χ4n) is 3.12. The van der Waals surface area contributed by atoms with Gasteiger partial charge in [0.1, 0.15) is 5.75 Å². The number of carbonyl (C=O) groups excluding carboxylic acids is 1. The molecule has 1 aliphatic rings.